The van der Waals surface area contributed by atoms with Gasteiger partial charge >= 0.3 is 0 Å². The molecule has 0 spiro atoms. The van der Waals surface area contributed by atoms with Crippen molar-refractivity contribution in [2.24, 2.45) is 5.92 Å². The monoisotopic (exact) mass is 422 g/mol. The average molecular weight is 423 g/mol. The lowest BCUT2D eigenvalue weighted by atomic mass is 9.77. The van der Waals surface area contributed by atoms with Gasteiger partial charge in [-0.1, -0.05) is 25.5 Å². The molecule has 6 nitrogen and oxygen atoms in total. The van der Waals surface area contributed by atoms with Crippen LogP contribution in [0, 0.1) is 17.2 Å². The molecule has 1 aliphatic carbocycles. The van der Waals surface area contributed by atoms with Crippen LogP contribution in [-0.2, 0) is 10.0 Å². The van der Waals surface area contributed by atoms with Crippen molar-refractivity contribution in [2.75, 3.05) is 4.72 Å². The van der Waals surface area contributed by atoms with E-state index in [1.807, 2.05) is 24.4 Å². The number of pyridine rings is 1. The minimum atomic E-state index is -3.40. The van der Waals surface area contributed by atoms with Crippen LogP contribution in [0.25, 0.3) is 22.2 Å². The van der Waals surface area contributed by atoms with E-state index in [4.69, 9.17) is 0 Å². The van der Waals surface area contributed by atoms with Crippen LogP contribution >= 0.6 is 0 Å². The smallest absolute Gasteiger partial charge is 0.235 e. The van der Waals surface area contributed by atoms with Gasteiger partial charge in [0.25, 0.3) is 0 Å². The van der Waals surface area contributed by atoms with Crippen molar-refractivity contribution in [3.05, 3.63) is 48.3 Å². The van der Waals surface area contributed by atoms with Crippen LogP contribution in [0.4, 0.5) is 5.69 Å². The largest absolute Gasteiger partial charge is 0.335 e. The molecule has 1 aliphatic rings. The van der Waals surface area contributed by atoms with Crippen molar-refractivity contribution in [3.8, 4) is 17.3 Å². The van der Waals surface area contributed by atoms with E-state index < -0.39 is 15.3 Å². The third-order valence-corrected chi connectivity index (χ3v) is 7.95. The van der Waals surface area contributed by atoms with Crippen molar-refractivity contribution >= 4 is 26.6 Å². The maximum atomic E-state index is 12.2. The molecule has 0 saturated heterocycles. The second-order valence-electron chi connectivity index (χ2n) is 8.18. The van der Waals surface area contributed by atoms with Gasteiger partial charge in [-0.3, -0.25) is 9.71 Å². The molecule has 7 heteroatoms. The molecule has 0 bridgehead atoms. The van der Waals surface area contributed by atoms with E-state index in [9.17, 15) is 13.7 Å². The van der Waals surface area contributed by atoms with Crippen LogP contribution in [0.3, 0.4) is 0 Å². The van der Waals surface area contributed by atoms with Crippen molar-refractivity contribution in [1.29, 1.82) is 5.26 Å². The van der Waals surface area contributed by atoms with Gasteiger partial charge in [-0.2, -0.15) is 5.26 Å². The summed E-state index contributed by atoms with van der Waals surface area (Å²) in [6.07, 6.45) is 6.94. The van der Waals surface area contributed by atoms with E-state index in [0.29, 0.717) is 23.2 Å². The number of anilines is 1. The highest BCUT2D eigenvalue weighted by Crippen LogP contribution is 2.46. The van der Waals surface area contributed by atoms with E-state index in [1.165, 1.54) is 6.42 Å². The summed E-state index contributed by atoms with van der Waals surface area (Å²) in [6, 6.07) is 11.9. The molecule has 0 radical (unpaired) electrons. The van der Waals surface area contributed by atoms with Crippen molar-refractivity contribution in [1.82, 2.24) is 9.55 Å². The number of hydrogen-bond donors (Lipinski definition) is 1. The number of aromatic nitrogens is 2. The second-order valence-corrected chi connectivity index (χ2v) is 10.4. The van der Waals surface area contributed by atoms with Gasteiger partial charge in [0.2, 0.25) is 10.0 Å². The molecule has 0 aliphatic heterocycles. The molecule has 1 fully saturated rings. The SMILES string of the molecule is CCC1CCC1n1c(-c2ccc(NS(=O)(=O)C(C)C)cc2)c(C#N)c2ccncc21. The third kappa shape index (κ3) is 3.35. The topological polar surface area (TPSA) is 87.8 Å². The highest BCUT2D eigenvalue weighted by atomic mass is 32.2. The van der Waals surface area contributed by atoms with Crippen molar-refractivity contribution in [3.63, 3.8) is 0 Å². The van der Waals surface area contributed by atoms with E-state index in [1.54, 1.807) is 32.2 Å². The minimum absolute atomic E-state index is 0.345. The Hall–Kier alpha value is -2.85. The number of nitrogens with one attached hydrogen (secondary N) is 1. The highest BCUT2D eigenvalue weighted by Gasteiger charge is 2.34. The number of fused-ring (bicyclic) bond motifs is 1. The van der Waals surface area contributed by atoms with Gasteiger partial charge in [0, 0.05) is 23.3 Å². The van der Waals surface area contributed by atoms with Crippen LogP contribution in [0.15, 0.2) is 42.7 Å². The number of nitrogens with zero attached hydrogens (tertiary/aromatic N) is 3. The summed E-state index contributed by atoms with van der Waals surface area (Å²) in [4.78, 5) is 4.31. The number of nitriles is 1. The lowest BCUT2D eigenvalue weighted by Crippen LogP contribution is -2.29. The summed E-state index contributed by atoms with van der Waals surface area (Å²) in [5.41, 5.74) is 3.94. The van der Waals surface area contributed by atoms with Crippen LogP contribution < -0.4 is 4.72 Å². The molecule has 156 valence electrons. The van der Waals surface area contributed by atoms with Crippen LogP contribution in [0.2, 0.25) is 0 Å². The Kier molecular flexibility index (Phi) is 5.29. The molecule has 2 atom stereocenters. The van der Waals surface area contributed by atoms with Crippen LogP contribution in [0.1, 0.15) is 51.6 Å². The Labute approximate surface area is 177 Å². The standard InChI is InChI=1S/C23H26N4O2S/c1-4-16-7-10-21(16)27-22-14-25-12-11-19(22)20(13-24)23(27)17-5-8-18(9-6-17)26-30(28,29)15(2)3/h5-6,8-9,11-12,14-16,21,26H,4,7,10H2,1-3H3. The van der Waals surface area contributed by atoms with Gasteiger partial charge in [-0.25, -0.2) is 8.42 Å². The first-order chi connectivity index (χ1) is 14.4. The summed E-state index contributed by atoms with van der Waals surface area (Å²) in [7, 11) is -3.40. The normalized spacial score (nSPS) is 18.9. The zero-order valence-electron chi connectivity index (χ0n) is 17.5. The summed E-state index contributed by atoms with van der Waals surface area (Å²) in [5.74, 6) is 0.586. The second kappa shape index (κ2) is 7.77. The zero-order valence-corrected chi connectivity index (χ0v) is 18.3. The third-order valence-electron chi connectivity index (χ3n) is 6.19. The lowest BCUT2D eigenvalue weighted by Gasteiger charge is -2.39. The zero-order chi connectivity index (χ0) is 21.5. The first-order valence-electron chi connectivity index (χ1n) is 10.4. The molecule has 2 unspecified atom stereocenters. The molecule has 4 rings (SSSR count). The summed E-state index contributed by atoms with van der Waals surface area (Å²) >= 11 is 0. The highest BCUT2D eigenvalue weighted by molar-refractivity contribution is 7.93. The fourth-order valence-corrected chi connectivity index (χ4v) is 4.95. The first-order valence-corrected chi connectivity index (χ1v) is 11.9. The van der Waals surface area contributed by atoms with Crippen molar-refractivity contribution in [2.45, 2.75) is 51.3 Å². The van der Waals surface area contributed by atoms with Crippen molar-refractivity contribution < 1.29 is 8.42 Å². The van der Waals surface area contributed by atoms with E-state index in [0.717, 1.165) is 35.0 Å². The predicted molar refractivity (Wildman–Crippen MR) is 120 cm³/mol. The Balaban J connectivity index is 1.84. The Morgan fingerprint density at radius 3 is 2.53 bits per heavy atom. The summed E-state index contributed by atoms with van der Waals surface area (Å²) in [5, 5.41) is 10.4. The van der Waals surface area contributed by atoms with Gasteiger partial charge in [0.05, 0.1) is 28.2 Å². The van der Waals surface area contributed by atoms with E-state index in [2.05, 4.69) is 27.3 Å². The average Bonchev–Trinajstić information content (AvgIpc) is 3.02. The van der Waals surface area contributed by atoms with Gasteiger partial charge in [-0.05, 0) is 56.4 Å². The maximum Gasteiger partial charge on any atom is 0.235 e. The number of rotatable bonds is 6. The first kappa shape index (κ1) is 20.4. The fraction of sp³-hybridized carbons (Fsp3) is 0.391. The lowest BCUT2D eigenvalue weighted by molar-refractivity contribution is 0.182. The molecule has 3 aromatic rings. The van der Waals surface area contributed by atoms with Gasteiger partial charge in [-0.15, -0.1) is 0 Å². The molecular weight excluding hydrogens is 396 g/mol. The molecule has 1 saturated carbocycles. The number of sulfonamides is 1. The van der Waals surface area contributed by atoms with E-state index >= 15 is 0 Å². The predicted octanol–water partition coefficient (Wildman–Crippen LogP) is 5.09. The van der Waals surface area contributed by atoms with Gasteiger partial charge < -0.3 is 4.57 Å². The maximum absolute atomic E-state index is 12.2. The van der Waals surface area contributed by atoms with Crippen LogP contribution in [-0.4, -0.2) is 23.2 Å². The molecule has 0 amide bonds. The fourth-order valence-electron chi connectivity index (χ4n) is 4.24. The van der Waals surface area contributed by atoms with Gasteiger partial charge in [0.1, 0.15) is 6.07 Å². The molecule has 30 heavy (non-hydrogen) atoms. The van der Waals surface area contributed by atoms with Gasteiger partial charge in [0.15, 0.2) is 0 Å². The summed E-state index contributed by atoms with van der Waals surface area (Å²) in [6.45, 7) is 5.50. The minimum Gasteiger partial charge on any atom is -0.335 e. The van der Waals surface area contributed by atoms with E-state index in [-0.39, 0.29) is 0 Å². The number of benzene rings is 1. The Morgan fingerprint density at radius 2 is 1.97 bits per heavy atom. The number of hydrogen-bond acceptors (Lipinski definition) is 4. The molecule has 2 aromatic heterocycles. The molecule has 1 aromatic carbocycles. The molecular formula is C23H26N4O2S. The van der Waals surface area contributed by atoms with Crippen LogP contribution in [0.5, 0.6) is 0 Å². The Bertz CT molecular complexity index is 1220. The summed E-state index contributed by atoms with van der Waals surface area (Å²) < 4.78 is 29.2. The molecule has 2 heterocycles. The molecule has 1 N–H and O–H groups in total. The Morgan fingerprint density at radius 1 is 1.23 bits per heavy atom. The quantitative estimate of drug-likeness (QED) is 0.599.